The van der Waals surface area contributed by atoms with E-state index in [1.54, 1.807) is 18.2 Å². The lowest BCUT2D eigenvalue weighted by Gasteiger charge is -2.05. The number of halogens is 1. The Morgan fingerprint density at radius 3 is 2.71 bits per heavy atom. The zero-order valence-electron chi connectivity index (χ0n) is 11.3. The molecular weight excluding hydrogens is 292 g/mol. The molecule has 0 fully saturated rings. The van der Waals surface area contributed by atoms with Gasteiger partial charge in [-0.15, -0.1) is 0 Å². The second-order valence-electron chi connectivity index (χ2n) is 4.64. The van der Waals surface area contributed by atoms with E-state index in [0.717, 1.165) is 5.39 Å². The Labute approximate surface area is 126 Å². The monoisotopic (exact) mass is 306 g/mol. The van der Waals surface area contributed by atoms with Crippen LogP contribution in [0.5, 0.6) is 0 Å². The highest BCUT2D eigenvalue weighted by Gasteiger charge is 2.08. The molecule has 110 valence electrons. The van der Waals surface area contributed by atoms with E-state index in [9.17, 15) is 9.59 Å². The van der Waals surface area contributed by atoms with E-state index in [0.29, 0.717) is 35.6 Å². The Morgan fingerprint density at radius 2 is 1.95 bits per heavy atom. The Balaban J connectivity index is 1.94. The number of carbonyl (C=O) groups excluding carboxylic acids is 1. The number of pyridine rings is 1. The van der Waals surface area contributed by atoms with Gasteiger partial charge in [0, 0.05) is 23.4 Å². The third-order valence-corrected chi connectivity index (χ3v) is 3.22. The average Bonchev–Trinajstić information content (AvgIpc) is 2.45. The van der Waals surface area contributed by atoms with E-state index < -0.39 is 5.97 Å². The predicted molar refractivity (Wildman–Crippen MR) is 80.6 cm³/mol. The molecule has 21 heavy (non-hydrogen) atoms. The van der Waals surface area contributed by atoms with E-state index in [2.05, 4.69) is 10.3 Å². The van der Waals surface area contributed by atoms with E-state index in [1.165, 1.54) is 0 Å². The largest absolute Gasteiger partial charge is 0.481 e. The Hall–Kier alpha value is -2.14. The van der Waals surface area contributed by atoms with Crippen molar-refractivity contribution in [3.63, 3.8) is 0 Å². The number of carbonyl (C=O) groups is 2. The summed E-state index contributed by atoms with van der Waals surface area (Å²) < 4.78 is 0. The van der Waals surface area contributed by atoms with Gasteiger partial charge in [-0.3, -0.25) is 9.59 Å². The fourth-order valence-electron chi connectivity index (χ4n) is 1.91. The van der Waals surface area contributed by atoms with Crippen LogP contribution in [0.15, 0.2) is 30.3 Å². The van der Waals surface area contributed by atoms with Crippen molar-refractivity contribution in [3.8, 4) is 0 Å². The van der Waals surface area contributed by atoms with Crippen LogP contribution in [0.4, 0.5) is 0 Å². The summed E-state index contributed by atoms with van der Waals surface area (Å²) in [7, 11) is 0. The summed E-state index contributed by atoms with van der Waals surface area (Å²) in [5.74, 6) is -1.10. The molecule has 0 spiro atoms. The predicted octanol–water partition coefficient (Wildman–Crippen LogP) is 2.87. The second-order valence-corrected chi connectivity index (χ2v) is 5.08. The Bertz CT molecular complexity index is 673. The van der Waals surface area contributed by atoms with Gasteiger partial charge in [-0.25, -0.2) is 4.98 Å². The van der Waals surface area contributed by atoms with Gasteiger partial charge in [0.15, 0.2) is 0 Å². The molecule has 1 aromatic carbocycles. The molecule has 0 radical (unpaired) electrons. The molecule has 0 aliphatic rings. The third-order valence-electron chi connectivity index (χ3n) is 2.99. The van der Waals surface area contributed by atoms with Crippen LogP contribution in [0.2, 0.25) is 5.02 Å². The maximum atomic E-state index is 11.9. The Kier molecular flexibility index (Phi) is 5.11. The highest BCUT2D eigenvalue weighted by atomic mass is 35.5. The normalized spacial score (nSPS) is 10.5. The lowest BCUT2D eigenvalue weighted by Crippen LogP contribution is -2.25. The molecule has 0 aliphatic heterocycles. The van der Waals surface area contributed by atoms with Crippen LogP contribution in [-0.2, 0) is 4.79 Å². The number of rotatable bonds is 6. The van der Waals surface area contributed by atoms with Crippen molar-refractivity contribution in [1.82, 2.24) is 10.3 Å². The summed E-state index contributed by atoms with van der Waals surface area (Å²) in [6, 6.07) is 8.80. The van der Waals surface area contributed by atoms with Gasteiger partial charge in [-0.1, -0.05) is 23.7 Å². The van der Waals surface area contributed by atoms with E-state index in [1.807, 2.05) is 12.1 Å². The maximum absolute atomic E-state index is 11.9. The zero-order valence-corrected chi connectivity index (χ0v) is 12.1. The molecule has 2 rings (SSSR count). The first kappa shape index (κ1) is 15.3. The maximum Gasteiger partial charge on any atom is 0.303 e. The zero-order chi connectivity index (χ0) is 15.2. The second kappa shape index (κ2) is 7.04. The average molecular weight is 307 g/mol. The minimum atomic E-state index is -0.825. The molecule has 0 bridgehead atoms. The molecule has 2 aromatic rings. The third kappa shape index (κ3) is 4.43. The molecule has 0 saturated carbocycles. The van der Waals surface area contributed by atoms with Crippen LogP contribution in [0.3, 0.4) is 0 Å². The highest BCUT2D eigenvalue weighted by molar-refractivity contribution is 6.31. The number of carboxylic acid groups (broad SMARTS) is 1. The summed E-state index contributed by atoms with van der Waals surface area (Å²) in [5.41, 5.74) is 0.990. The summed E-state index contributed by atoms with van der Waals surface area (Å²) in [5, 5.41) is 12.7. The van der Waals surface area contributed by atoms with Gasteiger partial charge in [-0.05, 0) is 31.0 Å². The molecule has 0 atom stereocenters. The van der Waals surface area contributed by atoms with Gasteiger partial charge < -0.3 is 10.4 Å². The first-order valence-electron chi connectivity index (χ1n) is 6.62. The highest BCUT2D eigenvalue weighted by Crippen LogP contribution is 2.17. The fraction of sp³-hybridized carbons (Fsp3) is 0.267. The van der Waals surface area contributed by atoms with Gasteiger partial charge in [-0.2, -0.15) is 0 Å². The number of hydrogen-bond acceptors (Lipinski definition) is 3. The summed E-state index contributed by atoms with van der Waals surface area (Å²) in [6.07, 6.45) is 1.27. The van der Waals surface area contributed by atoms with Gasteiger partial charge in [0.1, 0.15) is 5.69 Å². The van der Waals surface area contributed by atoms with E-state index in [4.69, 9.17) is 16.7 Å². The van der Waals surface area contributed by atoms with Crippen molar-refractivity contribution in [2.45, 2.75) is 19.3 Å². The van der Waals surface area contributed by atoms with Crippen molar-refractivity contribution < 1.29 is 14.7 Å². The quantitative estimate of drug-likeness (QED) is 0.804. The number of aliphatic carboxylic acids is 1. The molecular formula is C15H15ClN2O3. The number of hydrogen-bond donors (Lipinski definition) is 2. The van der Waals surface area contributed by atoms with Gasteiger partial charge >= 0.3 is 5.97 Å². The number of benzene rings is 1. The van der Waals surface area contributed by atoms with Gasteiger partial charge in [0.2, 0.25) is 0 Å². The molecule has 6 heteroatoms. The topological polar surface area (TPSA) is 79.3 Å². The minimum Gasteiger partial charge on any atom is -0.481 e. The molecule has 0 saturated heterocycles. The lowest BCUT2D eigenvalue weighted by atomic mass is 10.2. The van der Waals surface area contributed by atoms with Crippen molar-refractivity contribution >= 4 is 34.4 Å². The number of unbranched alkanes of at least 4 members (excludes halogenated alkanes) is 1. The lowest BCUT2D eigenvalue weighted by molar-refractivity contribution is -0.137. The number of nitrogens with one attached hydrogen (secondary N) is 1. The van der Waals surface area contributed by atoms with Crippen molar-refractivity contribution in [2.24, 2.45) is 0 Å². The van der Waals surface area contributed by atoms with Crippen molar-refractivity contribution in [2.75, 3.05) is 6.54 Å². The standard InChI is InChI=1S/C15H15ClN2O3/c16-11-6-4-10-5-7-12(18-13(10)9-11)15(21)17-8-2-1-3-14(19)20/h4-7,9H,1-3,8H2,(H,17,21)(H,19,20). The van der Waals surface area contributed by atoms with Gasteiger partial charge in [0.05, 0.1) is 5.52 Å². The molecule has 0 unspecified atom stereocenters. The smallest absolute Gasteiger partial charge is 0.303 e. The van der Waals surface area contributed by atoms with Crippen molar-refractivity contribution in [1.29, 1.82) is 0 Å². The van der Waals surface area contributed by atoms with Gasteiger partial charge in [0.25, 0.3) is 5.91 Å². The first-order valence-corrected chi connectivity index (χ1v) is 7.00. The summed E-state index contributed by atoms with van der Waals surface area (Å²) in [6.45, 7) is 0.432. The molecule has 1 amide bonds. The van der Waals surface area contributed by atoms with Crippen LogP contribution in [0.25, 0.3) is 10.9 Å². The molecule has 1 heterocycles. The van der Waals surface area contributed by atoms with Crippen LogP contribution < -0.4 is 5.32 Å². The number of amides is 1. The fourth-order valence-corrected chi connectivity index (χ4v) is 2.08. The summed E-state index contributed by atoms with van der Waals surface area (Å²) in [4.78, 5) is 26.6. The van der Waals surface area contributed by atoms with Crippen LogP contribution >= 0.6 is 11.6 Å². The number of fused-ring (bicyclic) bond motifs is 1. The van der Waals surface area contributed by atoms with Crippen LogP contribution in [0, 0.1) is 0 Å². The van der Waals surface area contributed by atoms with E-state index >= 15 is 0 Å². The SMILES string of the molecule is O=C(O)CCCCNC(=O)c1ccc2ccc(Cl)cc2n1. The number of aromatic nitrogens is 1. The number of nitrogens with zero attached hydrogens (tertiary/aromatic N) is 1. The molecule has 5 nitrogen and oxygen atoms in total. The molecule has 0 aliphatic carbocycles. The molecule has 1 aromatic heterocycles. The number of carboxylic acids is 1. The first-order chi connectivity index (χ1) is 10.1. The molecule has 2 N–H and O–H groups in total. The van der Waals surface area contributed by atoms with Crippen molar-refractivity contribution in [3.05, 3.63) is 41.0 Å². The summed E-state index contributed by atoms with van der Waals surface area (Å²) >= 11 is 5.91. The minimum absolute atomic E-state index is 0.114. The van der Waals surface area contributed by atoms with E-state index in [-0.39, 0.29) is 12.3 Å². The van der Waals surface area contributed by atoms with Crippen LogP contribution in [-0.4, -0.2) is 28.5 Å². The Morgan fingerprint density at radius 1 is 1.19 bits per heavy atom. The van der Waals surface area contributed by atoms with Crippen LogP contribution in [0.1, 0.15) is 29.8 Å².